The molecule has 3 rings (SSSR count). The van der Waals surface area contributed by atoms with Gasteiger partial charge in [-0.25, -0.2) is 4.79 Å². The van der Waals surface area contributed by atoms with Crippen LogP contribution < -0.4 is 5.32 Å². The van der Waals surface area contributed by atoms with Crippen LogP contribution >= 0.6 is 0 Å². The van der Waals surface area contributed by atoms with Crippen LogP contribution in [-0.4, -0.2) is 17.0 Å². The van der Waals surface area contributed by atoms with E-state index in [1.54, 1.807) is 36.4 Å². The molecule has 118 valence electrons. The van der Waals surface area contributed by atoms with E-state index in [1.807, 2.05) is 18.2 Å². The average molecular weight is 309 g/mol. The Hall–Kier alpha value is -2.62. The maximum Gasteiger partial charge on any atom is 0.330 e. The second-order valence-electron chi connectivity index (χ2n) is 5.91. The number of amides is 1. The normalized spacial score (nSPS) is 15.5. The van der Waals surface area contributed by atoms with Gasteiger partial charge >= 0.3 is 5.97 Å². The first-order chi connectivity index (χ1) is 11.1. The van der Waals surface area contributed by atoms with Crippen molar-refractivity contribution in [1.29, 1.82) is 0 Å². The Bertz CT molecular complexity index is 690. The molecule has 23 heavy (non-hydrogen) atoms. The summed E-state index contributed by atoms with van der Waals surface area (Å²) >= 11 is 0. The van der Waals surface area contributed by atoms with Crippen LogP contribution in [0, 0.1) is 0 Å². The zero-order valence-corrected chi connectivity index (χ0v) is 12.7. The highest BCUT2D eigenvalue weighted by atomic mass is 16.4. The molecule has 1 aliphatic carbocycles. The number of benzene rings is 2. The molecular formula is C19H19NO3. The number of aliphatic carboxylic acids is 1. The number of carbonyl (C=O) groups is 2. The van der Waals surface area contributed by atoms with Crippen LogP contribution in [0.1, 0.15) is 52.7 Å². The zero-order chi connectivity index (χ0) is 16.2. The molecule has 0 aliphatic heterocycles. The Balaban J connectivity index is 1.72. The van der Waals surface area contributed by atoms with Crippen molar-refractivity contribution in [3.8, 4) is 0 Å². The van der Waals surface area contributed by atoms with Crippen molar-refractivity contribution >= 4 is 11.9 Å². The second-order valence-corrected chi connectivity index (χ2v) is 5.91. The van der Waals surface area contributed by atoms with Crippen molar-refractivity contribution in [1.82, 2.24) is 5.32 Å². The summed E-state index contributed by atoms with van der Waals surface area (Å²) < 4.78 is 0. The van der Waals surface area contributed by atoms with Crippen molar-refractivity contribution in [3.05, 3.63) is 71.3 Å². The van der Waals surface area contributed by atoms with Crippen LogP contribution in [0.5, 0.6) is 0 Å². The van der Waals surface area contributed by atoms with Gasteiger partial charge in [-0.3, -0.25) is 4.79 Å². The Morgan fingerprint density at radius 3 is 2.17 bits per heavy atom. The van der Waals surface area contributed by atoms with Gasteiger partial charge in [0.15, 0.2) is 6.04 Å². The summed E-state index contributed by atoms with van der Waals surface area (Å²) in [6.45, 7) is 0. The number of carboxylic acids is 1. The largest absolute Gasteiger partial charge is 0.479 e. The molecule has 4 nitrogen and oxygen atoms in total. The third-order valence-corrected chi connectivity index (χ3v) is 4.40. The van der Waals surface area contributed by atoms with Crippen LogP contribution in [0.25, 0.3) is 0 Å². The summed E-state index contributed by atoms with van der Waals surface area (Å²) in [7, 11) is 0. The lowest BCUT2D eigenvalue weighted by Gasteiger charge is -2.25. The van der Waals surface area contributed by atoms with Crippen LogP contribution in [0.2, 0.25) is 0 Å². The van der Waals surface area contributed by atoms with Crippen molar-refractivity contribution < 1.29 is 14.7 Å². The molecule has 1 amide bonds. The molecule has 1 saturated carbocycles. The minimum absolute atomic E-state index is 0.374. The first-order valence-electron chi connectivity index (χ1n) is 7.84. The number of carboxylic acid groups (broad SMARTS) is 1. The topological polar surface area (TPSA) is 66.4 Å². The first-order valence-corrected chi connectivity index (χ1v) is 7.84. The second kappa shape index (κ2) is 6.65. The van der Waals surface area contributed by atoms with Gasteiger partial charge in [0.2, 0.25) is 0 Å². The monoisotopic (exact) mass is 309 g/mol. The molecule has 2 N–H and O–H groups in total. The van der Waals surface area contributed by atoms with E-state index in [9.17, 15) is 14.7 Å². The number of hydrogen-bond acceptors (Lipinski definition) is 2. The smallest absolute Gasteiger partial charge is 0.330 e. The van der Waals surface area contributed by atoms with Crippen LogP contribution in [-0.2, 0) is 4.79 Å². The molecule has 2 aromatic carbocycles. The van der Waals surface area contributed by atoms with E-state index in [1.165, 1.54) is 24.8 Å². The maximum atomic E-state index is 12.3. The highest BCUT2D eigenvalue weighted by Crippen LogP contribution is 2.36. The third-order valence-electron chi connectivity index (χ3n) is 4.40. The van der Waals surface area contributed by atoms with Crippen molar-refractivity contribution in [2.45, 2.75) is 31.2 Å². The van der Waals surface area contributed by atoms with E-state index in [0.29, 0.717) is 17.0 Å². The molecule has 1 aliphatic rings. The van der Waals surface area contributed by atoms with E-state index < -0.39 is 12.0 Å². The van der Waals surface area contributed by atoms with Crippen LogP contribution in [0.3, 0.4) is 0 Å². The first kappa shape index (κ1) is 15.3. The molecule has 1 fully saturated rings. The lowest BCUT2D eigenvalue weighted by atomic mass is 9.80. The number of rotatable bonds is 5. The Kier molecular flexibility index (Phi) is 4.42. The van der Waals surface area contributed by atoms with E-state index in [-0.39, 0.29) is 5.91 Å². The molecule has 0 radical (unpaired) electrons. The van der Waals surface area contributed by atoms with Gasteiger partial charge in [-0.2, -0.15) is 0 Å². The van der Waals surface area contributed by atoms with Gasteiger partial charge in [-0.15, -0.1) is 0 Å². The lowest BCUT2D eigenvalue weighted by Crippen LogP contribution is -2.33. The van der Waals surface area contributed by atoms with Gasteiger partial charge < -0.3 is 10.4 Å². The molecule has 0 bridgehead atoms. The van der Waals surface area contributed by atoms with E-state index >= 15 is 0 Å². The van der Waals surface area contributed by atoms with E-state index in [4.69, 9.17) is 0 Å². The van der Waals surface area contributed by atoms with Gasteiger partial charge in [0.1, 0.15) is 0 Å². The van der Waals surface area contributed by atoms with Crippen LogP contribution in [0.4, 0.5) is 0 Å². The molecule has 0 aromatic heterocycles. The molecule has 0 unspecified atom stereocenters. The SMILES string of the molecule is O=C(N[C@H](C(=O)O)c1ccccc1)c1ccc(C2CCC2)cc1. The van der Waals surface area contributed by atoms with Gasteiger partial charge in [0, 0.05) is 5.56 Å². The maximum absolute atomic E-state index is 12.3. The zero-order valence-electron chi connectivity index (χ0n) is 12.7. The highest BCUT2D eigenvalue weighted by Gasteiger charge is 2.23. The fourth-order valence-corrected chi connectivity index (χ4v) is 2.80. The quantitative estimate of drug-likeness (QED) is 0.888. The predicted molar refractivity (Wildman–Crippen MR) is 87.3 cm³/mol. The predicted octanol–water partition coefficient (Wildman–Crippen LogP) is 3.51. The number of nitrogens with one attached hydrogen (secondary N) is 1. The molecule has 1 atom stereocenters. The van der Waals surface area contributed by atoms with Gasteiger partial charge in [-0.1, -0.05) is 48.9 Å². The summed E-state index contributed by atoms with van der Waals surface area (Å²) in [5.41, 5.74) is 2.29. The Labute approximate surface area is 135 Å². The van der Waals surface area contributed by atoms with E-state index in [0.717, 1.165) is 0 Å². The van der Waals surface area contributed by atoms with Crippen molar-refractivity contribution in [2.24, 2.45) is 0 Å². The summed E-state index contributed by atoms with van der Waals surface area (Å²) in [5, 5.41) is 12.0. The lowest BCUT2D eigenvalue weighted by molar-refractivity contribution is -0.139. The summed E-state index contributed by atoms with van der Waals surface area (Å²) in [6.07, 6.45) is 3.69. The molecule has 2 aromatic rings. The van der Waals surface area contributed by atoms with Crippen molar-refractivity contribution in [2.75, 3.05) is 0 Å². The molecule has 4 heteroatoms. The van der Waals surface area contributed by atoms with Crippen molar-refractivity contribution in [3.63, 3.8) is 0 Å². The molecule has 0 saturated heterocycles. The molecule has 0 spiro atoms. The number of hydrogen-bond donors (Lipinski definition) is 2. The Morgan fingerprint density at radius 2 is 1.65 bits per heavy atom. The van der Waals surface area contributed by atoms with Gasteiger partial charge in [-0.05, 0) is 42.0 Å². The fraction of sp³-hybridized carbons (Fsp3) is 0.263. The van der Waals surface area contributed by atoms with Crippen LogP contribution in [0.15, 0.2) is 54.6 Å². The third kappa shape index (κ3) is 3.42. The minimum Gasteiger partial charge on any atom is -0.479 e. The summed E-state index contributed by atoms with van der Waals surface area (Å²) in [5.74, 6) is -0.833. The van der Waals surface area contributed by atoms with E-state index in [2.05, 4.69) is 5.32 Å². The molecular weight excluding hydrogens is 290 g/mol. The van der Waals surface area contributed by atoms with Gasteiger partial charge in [0.25, 0.3) is 5.91 Å². The summed E-state index contributed by atoms with van der Waals surface area (Å²) in [4.78, 5) is 23.8. The summed E-state index contributed by atoms with van der Waals surface area (Å²) in [6, 6.07) is 15.1. The minimum atomic E-state index is -1.07. The average Bonchev–Trinajstić information content (AvgIpc) is 2.52. The van der Waals surface area contributed by atoms with Gasteiger partial charge in [0.05, 0.1) is 0 Å². The number of carbonyl (C=O) groups excluding carboxylic acids is 1. The standard InChI is InChI=1S/C19H19NO3/c21-18(16-11-9-14(10-12-16)13-7-4-8-13)20-17(19(22)23)15-5-2-1-3-6-15/h1-3,5-6,9-13,17H,4,7-8H2,(H,20,21)(H,22,23)/t17-/m0/s1. The highest BCUT2D eigenvalue weighted by molar-refractivity contribution is 5.96. The fourth-order valence-electron chi connectivity index (χ4n) is 2.80. The Morgan fingerprint density at radius 1 is 1.00 bits per heavy atom. The molecule has 0 heterocycles.